The van der Waals surface area contributed by atoms with Crippen LogP contribution in [-0.4, -0.2) is 57.0 Å². The van der Waals surface area contributed by atoms with E-state index < -0.39 is 10.0 Å². The molecule has 1 fully saturated rings. The fourth-order valence-corrected chi connectivity index (χ4v) is 4.03. The molecule has 0 bridgehead atoms. The fourth-order valence-electron chi connectivity index (χ4n) is 3.40. The van der Waals surface area contributed by atoms with Crippen LogP contribution in [0.1, 0.15) is 18.1 Å². The van der Waals surface area contributed by atoms with Gasteiger partial charge in [-0.05, 0) is 42.8 Å². The molecule has 0 aromatic heterocycles. The lowest BCUT2D eigenvalue weighted by Crippen LogP contribution is -2.35. The number of carbonyl (C=O) groups excluding carboxylic acids is 1. The van der Waals surface area contributed by atoms with Crippen molar-refractivity contribution in [3.05, 3.63) is 53.6 Å². The summed E-state index contributed by atoms with van der Waals surface area (Å²) in [6.07, 6.45) is 0. The minimum absolute atomic E-state index is 0.0288. The number of ether oxygens (including phenoxy) is 1. The predicted molar refractivity (Wildman–Crippen MR) is 117 cm³/mol. The van der Waals surface area contributed by atoms with Gasteiger partial charge in [0.05, 0.1) is 30.3 Å². The Bertz CT molecular complexity index is 1070. The predicted octanol–water partition coefficient (Wildman–Crippen LogP) is 2.35. The monoisotopic (exact) mass is 428 g/mol. The second kappa shape index (κ2) is 8.55. The van der Waals surface area contributed by atoms with Crippen LogP contribution in [0.3, 0.4) is 0 Å². The maximum Gasteiger partial charge on any atom is 0.275 e. The van der Waals surface area contributed by atoms with Gasteiger partial charge in [0, 0.05) is 30.9 Å². The van der Waals surface area contributed by atoms with E-state index in [1.807, 2.05) is 24.3 Å². The highest BCUT2D eigenvalue weighted by Crippen LogP contribution is 2.29. The minimum atomic E-state index is -3.40. The highest BCUT2D eigenvalue weighted by Gasteiger charge is 2.26. The molecule has 2 aromatic carbocycles. The molecular weight excluding hydrogens is 404 g/mol. The molecule has 2 aromatic rings. The smallest absolute Gasteiger partial charge is 0.275 e. The molecule has 0 spiro atoms. The van der Waals surface area contributed by atoms with Crippen LogP contribution in [0.2, 0.25) is 0 Å². The molecule has 4 rings (SSSR count). The number of anilines is 2. The normalized spacial score (nSPS) is 18.3. The molecule has 2 heterocycles. The van der Waals surface area contributed by atoms with Crippen molar-refractivity contribution in [3.63, 3.8) is 0 Å². The number of morpholine rings is 1. The molecule has 0 unspecified atom stereocenters. The zero-order valence-electron chi connectivity index (χ0n) is 16.7. The van der Waals surface area contributed by atoms with E-state index in [0.29, 0.717) is 22.6 Å². The number of rotatable bonds is 6. The molecule has 1 saturated heterocycles. The van der Waals surface area contributed by atoms with Crippen LogP contribution in [0.25, 0.3) is 0 Å². The van der Waals surface area contributed by atoms with Crippen molar-refractivity contribution in [1.29, 1.82) is 0 Å². The molecule has 158 valence electrons. The van der Waals surface area contributed by atoms with Crippen LogP contribution in [-0.2, 0) is 26.1 Å². The van der Waals surface area contributed by atoms with E-state index in [1.54, 1.807) is 25.1 Å². The van der Waals surface area contributed by atoms with Gasteiger partial charge in [0.2, 0.25) is 10.0 Å². The molecular formula is C21H24N4O4S. The van der Waals surface area contributed by atoms with E-state index in [2.05, 4.69) is 19.9 Å². The van der Waals surface area contributed by atoms with Gasteiger partial charge in [0.25, 0.3) is 5.91 Å². The summed E-state index contributed by atoms with van der Waals surface area (Å²) in [5, 5.41) is 2.77. The van der Waals surface area contributed by atoms with E-state index in [9.17, 15) is 13.2 Å². The SMILES string of the molecule is CCS(=O)(=O)Nc1ccc2c(c1)C(=Nc1ccc(CN3CCOCC3)cc1)C(=O)N2. The summed E-state index contributed by atoms with van der Waals surface area (Å²) in [4.78, 5) is 19.3. The quantitative estimate of drug-likeness (QED) is 0.736. The number of nitrogens with zero attached hydrogens (tertiary/aromatic N) is 2. The van der Waals surface area contributed by atoms with E-state index in [0.717, 1.165) is 32.8 Å². The first-order valence-electron chi connectivity index (χ1n) is 9.87. The van der Waals surface area contributed by atoms with Crippen molar-refractivity contribution in [2.24, 2.45) is 4.99 Å². The largest absolute Gasteiger partial charge is 0.379 e. The zero-order chi connectivity index (χ0) is 21.1. The average molecular weight is 429 g/mol. The number of hydrogen-bond donors (Lipinski definition) is 2. The number of aliphatic imine (C=N–C) groups is 1. The first kappa shape index (κ1) is 20.5. The third kappa shape index (κ3) is 4.69. The Labute approximate surface area is 176 Å². The molecule has 0 aliphatic carbocycles. The lowest BCUT2D eigenvalue weighted by atomic mass is 10.1. The summed E-state index contributed by atoms with van der Waals surface area (Å²) in [5.74, 6) is -0.336. The Morgan fingerprint density at radius 1 is 1.13 bits per heavy atom. The summed E-state index contributed by atoms with van der Waals surface area (Å²) in [6, 6.07) is 12.7. The van der Waals surface area contributed by atoms with Gasteiger partial charge in [-0.3, -0.25) is 14.4 Å². The summed E-state index contributed by atoms with van der Waals surface area (Å²) >= 11 is 0. The topological polar surface area (TPSA) is 100 Å². The van der Waals surface area contributed by atoms with Crippen molar-refractivity contribution in [1.82, 2.24) is 4.90 Å². The molecule has 2 aliphatic heterocycles. The lowest BCUT2D eigenvalue weighted by Gasteiger charge is -2.26. The number of fused-ring (bicyclic) bond motifs is 1. The van der Waals surface area contributed by atoms with E-state index in [4.69, 9.17) is 4.74 Å². The number of amides is 1. The van der Waals surface area contributed by atoms with Crippen molar-refractivity contribution >= 4 is 38.7 Å². The second-order valence-corrected chi connectivity index (χ2v) is 9.25. The van der Waals surface area contributed by atoms with Crippen molar-refractivity contribution in [2.75, 3.05) is 42.1 Å². The van der Waals surface area contributed by atoms with E-state index >= 15 is 0 Å². The van der Waals surface area contributed by atoms with Crippen LogP contribution in [0.5, 0.6) is 0 Å². The summed E-state index contributed by atoms with van der Waals surface area (Å²) in [5.41, 5.74) is 3.70. The molecule has 8 nitrogen and oxygen atoms in total. The number of carbonyl (C=O) groups is 1. The standard InChI is InChI=1S/C21H24N4O4S/c1-2-30(27,28)24-17-7-8-19-18(13-17)20(21(26)23-19)22-16-5-3-15(4-6-16)14-25-9-11-29-12-10-25/h3-8,13,24H,2,9-12,14H2,1H3,(H,22,23,26). The maximum atomic E-state index is 12.4. The van der Waals surface area contributed by atoms with Gasteiger partial charge in [-0.1, -0.05) is 12.1 Å². The molecule has 1 amide bonds. The minimum Gasteiger partial charge on any atom is -0.379 e. The Morgan fingerprint density at radius 3 is 2.57 bits per heavy atom. The van der Waals surface area contributed by atoms with Gasteiger partial charge in [-0.2, -0.15) is 0 Å². The number of benzene rings is 2. The maximum absolute atomic E-state index is 12.4. The highest BCUT2D eigenvalue weighted by atomic mass is 32.2. The number of sulfonamides is 1. The van der Waals surface area contributed by atoms with Gasteiger partial charge >= 0.3 is 0 Å². The second-order valence-electron chi connectivity index (χ2n) is 7.24. The third-order valence-corrected chi connectivity index (χ3v) is 6.39. The van der Waals surface area contributed by atoms with Gasteiger partial charge in [-0.25, -0.2) is 13.4 Å². The molecule has 0 radical (unpaired) electrons. The van der Waals surface area contributed by atoms with Crippen molar-refractivity contribution < 1.29 is 17.9 Å². The van der Waals surface area contributed by atoms with Crippen LogP contribution in [0, 0.1) is 0 Å². The Balaban J connectivity index is 1.54. The summed E-state index contributed by atoms with van der Waals surface area (Å²) < 4.78 is 31.6. The molecule has 0 atom stereocenters. The number of hydrogen-bond acceptors (Lipinski definition) is 6. The molecule has 0 saturated carbocycles. The third-order valence-electron chi connectivity index (χ3n) is 5.08. The highest BCUT2D eigenvalue weighted by molar-refractivity contribution is 7.92. The molecule has 9 heteroatoms. The van der Waals surface area contributed by atoms with Crippen LogP contribution >= 0.6 is 0 Å². The van der Waals surface area contributed by atoms with Gasteiger partial charge in [0.15, 0.2) is 0 Å². The van der Waals surface area contributed by atoms with Crippen molar-refractivity contribution in [3.8, 4) is 0 Å². The van der Waals surface area contributed by atoms with Gasteiger partial charge < -0.3 is 10.1 Å². The Hall–Kier alpha value is -2.75. The molecule has 30 heavy (non-hydrogen) atoms. The first-order valence-corrected chi connectivity index (χ1v) is 11.5. The molecule has 2 aliphatic rings. The fraction of sp³-hybridized carbons (Fsp3) is 0.333. The lowest BCUT2D eigenvalue weighted by molar-refractivity contribution is -0.110. The number of nitrogens with one attached hydrogen (secondary N) is 2. The van der Waals surface area contributed by atoms with Gasteiger partial charge in [0.1, 0.15) is 5.71 Å². The average Bonchev–Trinajstić information content (AvgIpc) is 3.05. The van der Waals surface area contributed by atoms with E-state index in [-0.39, 0.29) is 17.4 Å². The van der Waals surface area contributed by atoms with Crippen molar-refractivity contribution in [2.45, 2.75) is 13.5 Å². The Morgan fingerprint density at radius 2 is 1.87 bits per heavy atom. The van der Waals surface area contributed by atoms with E-state index in [1.165, 1.54) is 5.56 Å². The van der Waals surface area contributed by atoms with Crippen LogP contribution < -0.4 is 10.0 Å². The zero-order valence-corrected chi connectivity index (χ0v) is 17.5. The first-order chi connectivity index (χ1) is 14.4. The Kier molecular flexibility index (Phi) is 5.85. The summed E-state index contributed by atoms with van der Waals surface area (Å²) in [7, 11) is -3.40. The van der Waals surface area contributed by atoms with Crippen LogP contribution in [0.15, 0.2) is 47.5 Å². The van der Waals surface area contributed by atoms with Gasteiger partial charge in [-0.15, -0.1) is 0 Å². The molecule has 2 N–H and O–H groups in total. The summed E-state index contributed by atoms with van der Waals surface area (Å²) in [6.45, 7) is 5.78. The van der Waals surface area contributed by atoms with Crippen LogP contribution in [0.4, 0.5) is 17.1 Å².